The number of hydrogen-bond acceptors (Lipinski definition) is 2. The van der Waals surface area contributed by atoms with Gasteiger partial charge in [0.25, 0.3) is 0 Å². The van der Waals surface area contributed by atoms with Crippen molar-refractivity contribution in [2.24, 2.45) is 5.73 Å². The van der Waals surface area contributed by atoms with Crippen molar-refractivity contribution in [2.75, 3.05) is 0 Å². The van der Waals surface area contributed by atoms with Crippen LogP contribution in [0.2, 0.25) is 0 Å². The molecule has 3 heteroatoms. The topological polar surface area (TPSA) is 35.2 Å². The van der Waals surface area contributed by atoms with Crippen LogP contribution >= 0.6 is 0 Å². The van der Waals surface area contributed by atoms with Gasteiger partial charge in [-0.2, -0.15) is 0 Å². The van der Waals surface area contributed by atoms with Crippen LogP contribution in [-0.4, -0.2) is 6.04 Å². The van der Waals surface area contributed by atoms with Gasteiger partial charge in [-0.3, -0.25) is 0 Å². The van der Waals surface area contributed by atoms with Gasteiger partial charge in [-0.25, -0.2) is 4.39 Å². The van der Waals surface area contributed by atoms with Gasteiger partial charge < -0.3 is 10.5 Å². The first-order valence-corrected chi connectivity index (χ1v) is 6.33. The van der Waals surface area contributed by atoms with Gasteiger partial charge >= 0.3 is 0 Å². The second kappa shape index (κ2) is 5.85. The molecule has 2 nitrogen and oxygen atoms in total. The fourth-order valence-electron chi connectivity index (χ4n) is 1.88. The normalized spacial score (nSPS) is 12.2. The summed E-state index contributed by atoms with van der Waals surface area (Å²) in [5.74, 6) is 0.517. The summed E-state index contributed by atoms with van der Waals surface area (Å²) in [6.07, 6.45) is 0.819. The molecule has 0 aromatic heterocycles. The van der Waals surface area contributed by atoms with E-state index in [0.29, 0.717) is 5.75 Å². The Bertz CT molecular complexity index is 549. The Morgan fingerprint density at radius 3 is 2.47 bits per heavy atom. The summed E-state index contributed by atoms with van der Waals surface area (Å²) in [4.78, 5) is 0. The van der Waals surface area contributed by atoms with Crippen molar-refractivity contribution in [1.29, 1.82) is 0 Å². The zero-order valence-electron chi connectivity index (χ0n) is 11.2. The fourth-order valence-corrected chi connectivity index (χ4v) is 1.88. The molecular formula is C16H18FNO. The second-order valence-corrected chi connectivity index (χ2v) is 4.86. The maximum atomic E-state index is 13.6. The standard InChI is InChI=1S/C16H18FNO/c1-11-3-8-15(17)16(9-11)19-14-6-4-13(5-7-14)10-12(2)18/h3-9,12H,10,18H2,1-2H3. The van der Waals surface area contributed by atoms with E-state index in [1.807, 2.05) is 38.1 Å². The van der Waals surface area contributed by atoms with E-state index in [0.717, 1.165) is 17.5 Å². The average molecular weight is 259 g/mol. The lowest BCUT2D eigenvalue weighted by atomic mass is 10.1. The van der Waals surface area contributed by atoms with Gasteiger partial charge in [0.1, 0.15) is 5.75 Å². The van der Waals surface area contributed by atoms with Gasteiger partial charge in [-0.15, -0.1) is 0 Å². The molecule has 2 aromatic carbocycles. The smallest absolute Gasteiger partial charge is 0.165 e. The molecule has 0 fully saturated rings. The molecule has 1 unspecified atom stereocenters. The van der Waals surface area contributed by atoms with E-state index >= 15 is 0 Å². The lowest BCUT2D eigenvalue weighted by Gasteiger charge is -2.09. The second-order valence-electron chi connectivity index (χ2n) is 4.86. The molecule has 0 aliphatic rings. The lowest BCUT2D eigenvalue weighted by molar-refractivity contribution is 0.441. The maximum Gasteiger partial charge on any atom is 0.165 e. The molecule has 0 aliphatic carbocycles. The molecule has 0 saturated heterocycles. The molecule has 0 aliphatic heterocycles. The van der Waals surface area contributed by atoms with Crippen molar-refractivity contribution in [3.05, 3.63) is 59.4 Å². The first-order valence-electron chi connectivity index (χ1n) is 6.33. The number of ether oxygens (including phenoxy) is 1. The highest BCUT2D eigenvalue weighted by atomic mass is 19.1. The minimum Gasteiger partial charge on any atom is -0.454 e. The minimum absolute atomic E-state index is 0.126. The molecule has 2 rings (SSSR count). The summed E-state index contributed by atoms with van der Waals surface area (Å²) < 4.78 is 19.1. The van der Waals surface area contributed by atoms with E-state index in [4.69, 9.17) is 10.5 Å². The zero-order valence-corrected chi connectivity index (χ0v) is 11.2. The van der Waals surface area contributed by atoms with Gasteiger partial charge in [0, 0.05) is 6.04 Å². The van der Waals surface area contributed by atoms with Crippen molar-refractivity contribution in [1.82, 2.24) is 0 Å². The van der Waals surface area contributed by atoms with E-state index in [9.17, 15) is 4.39 Å². The maximum absolute atomic E-state index is 13.6. The Labute approximate surface area is 113 Å². The fraction of sp³-hybridized carbons (Fsp3) is 0.250. The van der Waals surface area contributed by atoms with Crippen molar-refractivity contribution in [3.63, 3.8) is 0 Å². The molecule has 0 saturated carbocycles. The third-order valence-electron chi connectivity index (χ3n) is 2.80. The summed E-state index contributed by atoms with van der Waals surface area (Å²) in [6.45, 7) is 3.87. The van der Waals surface area contributed by atoms with Crippen LogP contribution in [0.3, 0.4) is 0 Å². The van der Waals surface area contributed by atoms with Gasteiger partial charge in [0.2, 0.25) is 0 Å². The van der Waals surface area contributed by atoms with Crippen molar-refractivity contribution < 1.29 is 9.13 Å². The molecule has 100 valence electrons. The average Bonchev–Trinajstić information content (AvgIpc) is 2.35. The quantitative estimate of drug-likeness (QED) is 0.906. The SMILES string of the molecule is Cc1ccc(F)c(Oc2ccc(CC(C)N)cc2)c1. The largest absolute Gasteiger partial charge is 0.454 e. The van der Waals surface area contributed by atoms with Gasteiger partial charge in [0.05, 0.1) is 0 Å². The molecule has 1 atom stereocenters. The van der Waals surface area contributed by atoms with Crippen molar-refractivity contribution in [3.8, 4) is 11.5 Å². The number of nitrogens with two attached hydrogens (primary N) is 1. The number of rotatable bonds is 4. The summed E-state index contributed by atoms with van der Waals surface area (Å²) >= 11 is 0. The zero-order chi connectivity index (χ0) is 13.8. The van der Waals surface area contributed by atoms with E-state index < -0.39 is 0 Å². The highest BCUT2D eigenvalue weighted by molar-refractivity contribution is 5.36. The molecule has 0 amide bonds. The Balaban J connectivity index is 2.13. The monoisotopic (exact) mass is 259 g/mol. The van der Waals surface area contributed by atoms with E-state index in [1.165, 1.54) is 6.07 Å². The first kappa shape index (κ1) is 13.6. The first-order chi connectivity index (χ1) is 9.04. The molecule has 0 radical (unpaired) electrons. The van der Waals surface area contributed by atoms with Gasteiger partial charge in [0.15, 0.2) is 11.6 Å². The van der Waals surface area contributed by atoms with Crippen LogP contribution in [0.4, 0.5) is 4.39 Å². The van der Waals surface area contributed by atoms with E-state index in [2.05, 4.69) is 0 Å². The molecule has 2 N–H and O–H groups in total. The van der Waals surface area contributed by atoms with E-state index in [1.54, 1.807) is 12.1 Å². The van der Waals surface area contributed by atoms with E-state index in [-0.39, 0.29) is 17.6 Å². The molecular weight excluding hydrogens is 241 g/mol. The Morgan fingerprint density at radius 1 is 1.16 bits per heavy atom. The molecule has 0 bridgehead atoms. The number of aryl methyl sites for hydroxylation is 1. The van der Waals surface area contributed by atoms with Crippen LogP contribution in [0, 0.1) is 12.7 Å². The molecule has 0 spiro atoms. The van der Waals surface area contributed by atoms with Crippen LogP contribution in [0.5, 0.6) is 11.5 Å². The third kappa shape index (κ3) is 3.80. The highest BCUT2D eigenvalue weighted by Gasteiger charge is 2.05. The predicted octanol–water partition coefficient (Wildman–Crippen LogP) is 3.82. The number of halogens is 1. The summed E-state index contributed by atoms with van der Waals surface area (Å²) in [7, 11) is 0. The number of benzene rings is 2. The van der Waals surface area contributed by atoms with Crippen molar-refractivity contribution >= 4 is 0 Å². The lowest BCUT2D eigenvalue weighted by Crippen LogP contribution is -2.17. The van der Waals surface area contributed by atoms with Crippen LogP contribution in [-0.2, 0) is 6.42 Å². The van der Waals surface area contributed by atoms with Gasteiger partial charge in [-0.1, -0.05) is 18.2 Å². The molecule has 2 aromatic rings. The predicted molar refractivity (Wildman–Crippen MR) is 75.0 cm³/mol. The molecule has 19 heavy (non-hydrogen) atoms. The third-order valence-corrected chi connectivity index (χ3v) is 2.80. The minimum atomic E-state index is -0.356. The Hall–Kier alpha value is -1.87. The number of hydrogen-bond donors (Lipinski definition) is 1. The summed E-state index contributed by atoms with van der Waals surface area (Å²) in [5.41, 5.74) is 7.85. The van der Waals surface area contributed by atoms with Crippen LogP contribution < -0.4 is 10.5 Å². The Kier molecular flexibility index (Phi) is 4.17. The summed E-state index contributed by atoms with van der Waals surface area (Å²) in [6, 6.07) is 12.5. The van der Waals surface area contributed by atoms with Crippen LogP contribution in [0.25, 0.3) is 0 Å². The van der Waals surface area contributed by atoms with Crippen LogP contribution in [0.1, 0.15) is 18.1 Å². The Morgan fingerprint density at radius 2 is 1.84 bits per heavy atom. The van der Waals surface area contributed by atoms with Crippen LogP contribution in [0.15, 0.2) is 42.5 Å². The van der Waals surface area contributed by atoms with Crippen molar-refractivity contribution in [2.45, 2.75) is 26.3 Å². The highest BCUT2D eigenvalue weighted by Crippen LogP contribution is 2.25. The van der Waals surface area contributed by atoms with Gasteiger partial charge in [-0.05, 0) is 55.7 Å². The summed E-state index contributed by atoms with van der Waals surface area (Å²) in [5, 5.41) is 0. The molecule has 0 heterocycles.